The SMILES string of the molecule is CN(Cc1ncccn1)C1CCN(c2ccnc(C(N)=O)c2)C1. The molecule has 7 nitrogen and oxygen atoms in total. The molecule has 0 aliphatic carbocycles. The number of nitrogens with zero attached hydrogens (tertiary/aromatic N) is 5. The van der Waals surface area contributed by atoms with Crippen LogP contribution in [0.4, 0.5) is 5.69 Å². The molecule has 0 bridgehead atoms. The van der Waals surface area contributed by atoms with Gasteiger partial charge in [-0.25, -0.2) is 9.97 Å². The molecule has 1 fully saturated rings. The second kappa shape index (κ2) is 6.70. The Morgan fingerprint density at radius 1 is 1.35 bits per heavy atom. The van der Waals surface area contributed by atoms with E-state index in [2.05, 4.69) is 31.8 Å². The van der Waals surface area contributed by atoms with Crippen LogP contribution in [0.15, 0.2) is 36.8 Å². The number of carbonyl (C=O) groups excluding carboxylic acids is 1. The topological polar surface area (TPSA) is 88.2 Å². The number of anilines is 1. The van der Waals surface area contributed by atoms with Crippen LogP contribution < -0.4 is 10.6 Å². The van der Waals surface area contributed by atoms with Crippen LogP contribution >= 0.6 is 0 Å². The van der Waals surface area contributed by atoms with Crippen molar-refractivity contribution < 1.29 is 4.79 Å². The van der Waals surface area contributed by atoms with E-state index in [0.717, 1.165) is 37.6 Å². The number of nitrogens with two attached hydrogens (primary N) is 1. The number of likely N-dealkylation sites (N-methyl/N-ethyl adjacent to an activating group) is 1. The fraction of sp³-hybridized carbons (Fsp3) is 0.375. The van der Waals surface area contributed by atoms with Gasteiger partial charge in [-0.2, -0.15) is 0 Å². The molecule has 1 unspecified atom stereocenters. The van der Waals surface area contributed by atoms with E-state index in [-0.39, 0.29) is 0 Å². The van der Waals surface area contributed by atoms with E-state index >= 15 is 0 Å². The lowest BCUT2D eigenvalue weighted by atomic mass is 10.2. The fourth-order valence-corrected chi connectivity index (χ4v) is 2.85. The van der Waals surface area contributed by atoms with E-state index < -0.39 is 5.91 Å². The first-order valence-electron chi connectivity index (χ1n) is 7.60. The fourth-order valence-electron chi connectivity index (χ4n) is 2.85. The number of pyridine rings is 1. The van der Waals surface area contributed by atoms with Gasteiger partial charge in [0, 0.05) is 43.4 Å². The number of hydrogen-bond acceptors (Lipinski definition) is 6. The molecule has 1 saturated heterocycles. The van der Waals surface area contributed by atoms with Crippen LogP contribution in [-0.4, -0.2) is 51.9 Å². The van der Waals surface area contributed by atoms with Gasteiger partial charge in [0.05, 0.1) is 6.54 Å². The third kappa shape index (κ3) is 3.62. The maximum atomic E-state index is 11.3. The van der Waals surface area contributed by atoms with Crippen molar-refractivity contribution in [2.24, 2.45) is 5.73 Å². The van der Waals surface area contributed by atoms with Crippen LogP contribution in [0.1, 0.15) is 22.7 Å². The molecule has 0 radical (unpaired) electrons. The molecule has 1 atom stereocenters. The van der Waals surface area contributed by atoms with Gasteiger partial charge in [-0.15, -0.1) is 0 Å². The number of amides is 1. The van der Waals surface area contributed by atoms with E-state index in [9.17, 15) is 4.79 Å². The largest absolute Gasteiger partial charge is 0.370 e. The highest BCUT2D eigenvalue weighted by molar-refractivity contribution is 5.91. The van der Waals surface area contributed by atoms with Gasteiger partial charge >= 0.3 is 0 Å². The molecule has 7 heteroatoms. The zero-order valence-corrected chi connectivity index (χ0v) is 13.1. The minimum absolute atomic E-state index is 0.303. The average Bonchev–Trinajstić information content (AvgIpc) is 3.06. The minimum Gasteiger partial charge on any atom is -0.370 e. The van der Waals surface area contributed by atoms with E-state index in [1.807, 2.05) is 12.1 Å². The van der Waals surface area contributed by atoms with Crippen LogP contribution in [0.25, 0.3) is 0 Å². The van der Waals surface area contributed by atoms with Crippen LogP contribution in [0, 0.1) is 0 Å². The van der Waals surface area contributed by atoms with Gasteiger partial charge in [-0.05, 0) is 31.7 Å². The Balaban J connectivity index is 1.64. The zero-order valence-electron chi connectivity index (χ0n) is 13.1. The highest BCUT2D eigenvalue weighted by Crippen LogP contribution is 2.23. The summed E-state index contributed by atoms with van der Waals surface area (Å²) in [5.41, 5.74) is 6.59. The molecule has 0 spiro atoms. The van der Waals surface area contributed by atoms with Gasteiger partial charge in [0.1, 0.15) is 11.5 Å². The molecule has 3 rings (SSSR count). The van der Waals surface area contributed by atoms with Gasteiger partial charge in [-0.3, -0.25) is 14.7 Å². The smallest absolute Gasteiger partial charge is 0.267 e. The molecule has 2 aromatic rings. The number of rotatable bonds is 5. The van der Waals surface area contributed by atoms with Crippen LogP contribution in [-0.2, 0) is 6.54 Å². The third-order valence-corrected chi connectivity index (χ3v) is 4.16. The summed E-state index contributed by atoms with van der Waals surface area (Å²) in [6, 6.07) is 5.91. The molecule has 0 aromatic carbocycles. The Kier molecular flexibility index (Phi) is 4.47. The van der Waals surface area contributed by atoms with Crippen molar-refractivity contribution >= 4 is 11.6 Å². The van der Waals surface area contributed by atoms with Gasteiger partial charge in [0.15, 0.2) is 0 Å². The van der Waals surface area contributed by atoms with E-state index in [4.69, 9.17) is 5.73 Å². The molecule has 23 heavy (non-hydrogen) atoms. The first-order valence-corrected chi connectivity index (χ1v) is 7.60. The van der Waals surface area contributed by atoms with Crippen molar-refractivity contribution in [2.75, 3.05) is 25.0 Å². The molecule has 3 heterocycles. The molecule has 2 N–H and O–H groups in total. The lowest BCUT2D eigenvalue weighted by Gasteiger charge is -2.24. The molecule has 0 saturated carbocycles. The second-order valence-corrected chi connectivity index (χ2v) is 5.73. The lowest BCUT2D eigenvalue weighted by Crippen LogP contribution is -2.34. The second-order valence-electron chi connectivity index (χ2n) is 5.73. The van der Waals surface area contributed by atoms with Crippen molar-refractivity contribution in [3.05, 3.63) is 48.3 Å². The first-order chi connectivity index (χ1) is 11.1. The third-order valence-electron chi connectivity index (χ3n) is 4.16. The molecular formula is C16H20N6O. The summed E-state index contributed by atoms with van der Waals surface area (Å²) in [5.74, 6) is 0.328. The zero-order chi connectivity index (χ0) is 16.2. The van der Waals surface area contributed by atoms with Crippen LogP contribution in [0.5, 0.6) is 0 Å². The summed E-state index contributed by atoms with van der Waals surface area (Å²) in [7, 11) is 2.09. The van der Waals surface area contributed by atoms with E-state index in [0.29, 0.717) is 11.7 Å². The minimum atomic E-state index is -0.499. The molecule has 1 amide bonds. The van der Waals surface area contributed by atoms with E-state index in [1.165, 1.54) is 0 Å². The quantitative estimate of drug-likeness (QED) is 0.873. The summed E-state index contributed by atoms with van der Waals surface area (Å²) < 4.78 is 0. The van der Waals surface area contributed by atoms with E-state index in [1.54, 1.807) is 24.7 Å². The number of primary amides is 1. The molecule has 2 aromatic heterocycles. The van der Waals surface area contributed by atoms with Gasteiger partial charge in [0.2, 0.25) is 0 Å². The highest BCUT2D eigenvalue weighted by atomic mass is 16.1. The summed E-state index contributed by atoms with van der Waals surface area (Å²) in [6.45, 7) is 2.56. The molecule has 1 aliphatic rings. The highest BCUT2D eigenvalue weighted by Gasteiger charge is 2.26. The summed E-state index contributed by atoms with van der Waals surface area (Å²) >= 11 is 0. The normalized spacial score (nSPS) is 17.7. The summed E-state index contributed by atoms with van der Waals surface area (Å²) in [5, 5.41) is 0. The predicted molar refractivity (Wildman–Crippen MR) is 86.9 cm³/mol. The van der Waals surface area contributed by atoms with Crippen molar-refractivity contribution in [3.63, 3.8) is 0 Å². The lowest BCUT2D eigenvalue weighted by molar-refractivity contribution is 0.0995. The number of carbonyl (C=O) groups is 1. The molecule has 1 aliphatic heterocycles. The van der Waals surface area contributed by atoms with Crippen molar-refractivity contribution in [1.82, 2.24) is 19.9 Å². The first kappa shape index (κ1) is 15.4. The van der Waals surface area contributed by atoms with Crippen molar-refractivity contribution in [2.45, 2.75) is 19.0 Å². The Morgan fingerprint density at radius 2 is 2.13 bits per heavy atom. The van der Waals surface area contributed by atoms with Gasteiger partial charge < -0.3 is 10.6 Å². The molecular weight excluding hydrogens is 292 g/mol. The van der Waals surface area contributed by atoms with Crippen molar-refractivity contribution in [3.8, 4) is 0 Å². The van der Waals surface area contributed by atoms with Gasteiger partial charge in [-0.1, -0.05) is 0 Å². The molecule has 120 valence electrons. The Morgan fingerprint density at radius 3 is 2.87 bits per heavy atom. The monoisotopic (exact) mass is 312 g/mol. The Hall–Kier alpha value is -2.54. The van der Waals surface area contributed by atoms with Gasteiger partial charge in [0.25, 0.3) is 5.91 Å². The summed E-state index contributed by atoms with van der Waals surface area (Å²) in [6.07, 6.45) is 6.21. The maximum absolute atomic E-state index is 11.3. The van der Waals surface area contributed by atoms with Crippen LogP contribution in [0.2, 0.25) is 0 Å². The summed E-state index contributed by atoms with van der Waals surface area (Å²) in [4.78, 5) is 28.3. The Bertz CT molecular complexity index is 677. The predicted octanol–water partition coefficient (Wildman–Crippen LogP) is 0.681. The maximum Gasteiger partial charge on any atom is 0.267 e. The number of aromatic nitrogens is 3. The van der Waals surface area contributed by atoms with Crippen molar-refractivity contribution in [1.29, 1.82) is 0 Å². The standard InChI is InChI=1S/C16H20N6O/c1-21(11-15-19-5-2-6-20-15)13-4-8-22(10-13)12-3-7-18-14(9-12)16(17)23/h2-3,5-7,9,13H,4,8,10-11H2,1H3,(H2,17,23). The number of hydrogen-bond donors (Lipinski definition) is 1. The average molecular weight is 312 g/mol. The van der Waals surface area contributed by atoms with Crippen LogP contribution in [0.3, 0.4) is 0 Å². The Labute approximate surface area is 135 Å².